The second-order valence-corrected chi connectivity index (χ2v) is 9.02. The molecule has 0 radical (unpaired) electrons. The monoisotopic (exact) mass is 355 g/mol. The summed E-state index contributed by atoms with van der Waals surface area (Å²) in [5.74, 6) is -0.733. The van der Waals surface area contributed by atoms with Gasteiger partial charge in [-0.15, -0.1) is 0 Å². The Morgan fingerprint density at radius 3 is 2.50 bits per heavy atom. The number of halogens is 1. The summed E-state index contributed by atoms with van der Waals surface area (Å²) in [6.45, 7) is 5.40. The van der Waals surface area contributed by atoms with Crippen LogP contribution in [-0.4, -0.2) is 24.8 Å². The first-order chi connectivity index (χ1) is 11.1. The van der Waals surface area contributed by atoms with Crippen molar-refractivity contribution in [1.29, 1.82) is 0 Å². The van der Waals surface area contributed by atoms with Crippen molar-refractivity contribution in [1.82, 2.24) is 0 Å². The molecular formula is C17H26FN3O2S. The average Bonchev–Trinajstić information content (AvgIpc) is 2.48. The summed E-state index contributed by atoms with van der Waals surface area (Å²) in [6, 6.07) is 4.10. The SMILES string of the molecule is CCCCC1(CC)C(N)=NC(C)(c2cc(N)ccc2F)CS1(=O)=O. The predicted octanol–water partition coefficient (Wildman–Crippen LogP) is 2.75. The summed E-state index contributed by atoms with van der Waals surface area (Å²) in [5.41, 5.74) is 11.2. The third kappa shape index (κ3) is 2.90. The molecule has 0 fully saturated rings. The van der Waals surface area contributed by atoms with Gasteiger partial charge in [-0.2, -0.15) is 0 Å². The average molecular weight is 355 g/mol. The smallest absolute Gasteiger partial charge is 0.165 e. The number of nitrogen functional groups attached to an aromatic ring is 1. The van der Waals surface area contributed by atoms with Crippen LogP contribution in [0.3, 0.4) is 0 Å². The molecule has 0 bridgehead atoms. The molecule has 24 heavy (non-hydrogen) atoms. The standard InChI is InChI=1S/C17H26FN3O2S/c1-4-6-9-17(5-2)15(20)21-16(3,11-24(17,22)23)13-10-12(19)7-8-14(13)18/h7-8,10H,4-6,9,11,19H2,1-3H3,(H2,20,21). The van der Waals surface area contributed by atoms with Crippen molar-refractivity contribution in [3.05, 3.63) is 29.6 Å². The van der Waals surface area contributed by atoms with Crippen LogP contribution in [0, 0.1) is 5.82 Å². The summed E-state index contributed by atoms with van der Waals surface area (Å²) < 4.78 is 39.4. The van der Waals surface area contributed by atoms with Crippen LogP contribution in [0.4, 0.5) is 10.1 Å². The molecule has 0 saturated carbocycles. The van der Waals surface area contributed by atoms with Crippen LogP contribution >= 0.6 is 0 Å². The number of rotatable bonds is 5. The molecule has 1 aromatic rings. The molecule has 7 heteroatoms. The van der Waals surface area contributed by atoms with Gasteiger partial charge in [0.05, 0.1) is 5.75 Å². The van der Waals surface area contributed by atoms with Crippen molar-refractivity contribution >= 4 is 21.4 Å². The Morgan fingerprint density at radius 2 is 1.96 bits per heavy atom. The fraction of sp³-hybridized carbons (Fsp3) is 0.588. The number of sulfone groups is 1. The van der Waals surface area contributed by atoms with Gasteiger partial charge in [-0.25, -0.2) is 12.8 Å². The number of anilines is 1. The molecule has 1 aromatic carbocycles. The molecule has 134 valence electrons. The maximum Gasteiger partial charge on any atom is 0.165 e. The number of amidine groups is 1. The number of benzene rings is 1. The molecule has 1 aliphatic heterocycles. The van der Waals surface area contributed by atoms with Crippen LogP contribution in [0.25, 0.3) is 0 Å². The van der Waals surface area contributed by atoms with Crippen molar-refractivity contribution in [2.75, 3.05) is 11.5 Å². The van der Waals surface area contributed by atoms with E-state index >= 15 is 0 Å². The minimum atomic E-state index is -3.61. The highest BCUT2D eigenvalue weighted by atomic mass is 32.2. The van der Waals surface area contributed by atoms with Gasteiger partial charge in [0.2, 0.25) is 0 Å². The predicted molar refractivity (Wildman–Crippen MR) is 96.1 cm³/mol. The van der Waals surface area contributed by atoms with Crippen LogP contribution in [0.5, 0.6) is 0 Å². The van der Waals surface area contributed by atoms with Gasteiger partial charge < -0.3 is 11.5 Å². The zero-order valence-electron chi connectivity index (χ0n) is 14.5. The number of hydrogen-bond acceptors (Lipinski definition) is 5. The molecule has 4 N–H and O–H groups in total. The fourth-order valence-electron chi connectivity index (χ4n) is 3.48. The van der Waals surface area contributed by atoms with Gasteiger partial charge in [0.1, 0.15) is 21.9 Å². The van der Waals surface area contributed by atoms with Crippen molar-refractivity contribution in [2.45, 2.75) is 56.7 Å². The van der Waals surface area contributed by atoms with E-state index in [2.05, 4.69) is 4.99 Å². The molecule has 1 aliphatic rings. The minimum absolute atomic E-state index is 0.0778. The van der Waals surface area contributed by atoms with E-state index in [0.717, 1.165) is 12.8 Å². The zero-order valence-corrected chi connectivity index (χ0v) is 15.3. The first kappa shape index (κ1) is 18.7. The summed E-state index contributed by atoms with van der Waals surface area (Å²) in [6.07, 6.45) is 2.41. The van der Waals surface area contributed by atoms with Gasteiger partial charge in [-0.05, 0) is 38.0 Å². The van der Waals surface area contributed by atoms with E-state index in [1.54, 1.807) is 13.8 Å². The van der Waals surface area contributed by atoms with Gasteiger partial charge in [-0.3, -0.25) is 4.99 Å². The Morgan fingerprint density at radius 1 is 1.29 bits per heavy atom. The lowest BCUT2D eigenvalue weighted by Crippen LogP contribution is -2.58. The van der Waals surface area contributed by atoms with Crippen molar-refractivity contribution in [3.63, 3.8) is 0 Å². The van der Waals surface area contributed by atoms with Gasteiger partial charge in [0.25, 0.3) is 0 Å². The summed E-state index contributed by atoms with van der Waals surface area (Å²) in [7, 11) is -3.61. The van der Waals surface area contributed by atoms with Crippen molar-refractivity contribution in [2.24, 2.45) is 10.7 Å². The van der Waals surface area contributed by atoms with E-state index in [0.29, 0.717) is 18.5 Å². The summed E-state index contributed by atoms with van der Waals surface area (Å²) in [4.78, 5) is 4.48. The molecule has 0 spiro atoms. The molecular weight excluding hydrogens is 329 g/mol. The fourth-order valence-corrected chi connectivity index (χ4v) is 5.98. The second-order valence-electron chi connectivity index (χ2n) is 6.72. The van der Waals surface area contributed by atoms with E-state index in [1.807, 2.05) is 6.92 Å². The molecule has 2 atom stereocenters. The molecule has 5 nitrogen and oxygen atoms in total. The highest BCUT2D eigenvalue weighted by Gasteiger charge is 2.53. The largest absolute Gasteiger partial charge is 0.399 e. The van der Waals surface area contributed by atoms with Crippen LogP contribution < -0.4 is 11.5 Å². The van der Waals surface area contributed by atoms with Crippen LogP contribution in [0.2, 0.25) is 0 Å². The molecule has 2 rings (SSSR count). The Hall–Kier alpha value is -1.63. The van der Waals surface area contributed by atoms with Crippen LogP contribution in [0.1, 0.15) is 52.0 Å². The van der Waals surface area contributed by atoms with E-state index in [4.69, 9.17) is 11.5 Å². The molecule has 0 aromatic heterocycles. The first-order valence-electron chi connectivity index (χ1n) is 8.25. The number of nitrogens with zero attached hydrogens (tertiary/aromatic N) is 1. The zero-order chi connectivity index (χ0) is 18.2. The maximum atomic E-state index is 14.3. The van der Waals surface area contributed by atoms with E-state index in [1.165, 1.54) is 18.2 Å². The Labute approximate surface area is 143 Å². The molecule has 1 heterocycles. The normalized spacial score (nSPS) is 29.2. The Kier molecular flexibility index (Phi) is 4.95. The van der Waals surface area contributed by atoms with Crippen molar-refractivity contribution in [3.8, 4) is 0 Å². The lowest BCUT2D eigenvalue weighted by molar-refractivity contribution is 0.453. The van der Waals surface area contributed by atoms with E-state index in [9.17, 15) is 12.8 Å². The van der Waals surface area contributed by atoms with Crippen LogP contribution in [-0.2, 0) is 15.4 Å². The van der Waals surface area contributed by atoms with Gasteiger partial charge in [-0.1, -0.05) is 26.7 Å². The number of unbranched alkanes of at least 4 members (excludes halogenated alkanes) is 1. The number of aliphatic imine (C=N–C) groups is 1. The van der Waals surface area contributed by atoms with Crippen molar-refractivity contribution < 1.29 is 12.8 Å². The molecule has 2 unspecified atom stereocenters. The maximum absolute atomic E-state index is 14.3. The van der Waals surface area contributed by atoms with Gasteiger partial charge in [0.15, 0.2) is 9.84 Å². The first-order valence-corrected chi connectivity index (χ1v) is 9.90. The lowest BCUT2D eigenvalue weighted by Gasteiger charge is -2.41. The van der Waals surface area contributed by atoms with E-state index < -0.39 is 25.9 Å². The minimum Gasteiger partial charge on any atom is -0.399 e. The topological polar surface area (TPSA) is 98.5 Å². The highest BCUT2D eigenvalue weighted by Crippen LogP contribution is 2.41. The molecule has 0 aliphatic carbocycles. The Bertz CT molecular complexity index is 763. The van der Waals surface area contributed by atoms with Gasteiger partial charge in [0, 0.05) is 11.3 Å². The van der Waals surface area contributed by atoms with E-state index in [-0.39, 0.29) is 17.2 Å². The second kappa shape index (κ2) is 6.35. The Balaban J connectivity index is 2.63. The quantitative estimate of drug-likeness (QED) is 0.793. The molecule has 0 saturated heterocycles. The lowest BCUT2D eigenvalue weighted by atomic mass is 9.91. The number of hydrogen-bond donors (Lipinski definition) is 2. The van der Waals surface area contributed by atoms with Gasteiger partial charge >= 0.3 is 0 Å². The third-order valence-corrected chi connectivity index (χ3v) is 7.81. The highest BCUT2D eigenvalue weighted by molar-refractivity contribution is 7.93. The van der Waals surface area contributed by atoms with Crippen LogP contribution in [0.15, 0.2) is 23.2 Å². The summed E-state index contributed by atoms with van der Waals surface area (Å²) in [5, 5.41) is 0. The summed E-state index contributed by atoms with van der Waals surface area (Å²) >= 11 is 0. The molecule has 0 amide bonds. The number of nitrogens with two attached hydrogens (primary N) is 2. The third-order valence-electron chi connectivity index (χ3n) is 4.98.